The SMILES string of the molecule is CCCCNC(=O)C[C@H](O)C[C@H](O)CC[C@@H]1[C@@H]2C(=C[C@H](O)C[C@@H]2OC(=O)[C@@H](C)CC)C=C[C@@H]1C. The number of rotatable bonds is 13. The van der Waals surface area contributed by atoms with Crippen LogP contribution in [0.2, 0.25) is 0 Å². The van der Waals surface area contributed by atoms with Gasteiger partial charge in [-0.3, -0.25) is 9.59 Å². The fourth-order valence-electron chi connectivity index (χ4n) is 5.01. The van der Waals surface area contributed by atoms with Crippen LogP contribution < -0.4 is 5.32 Å². The molecule has 0 aromatic rings. The third-order valence-electron chi connectivity index (χ3n) is 7.31. The number of allylic oxidation sites excluding steroid dienone is 2. The number of hydrogen-bond donors (Lipinski definition) is 4. The average Bonchev–Trinajstić information content (AvgIpc) is 2.77. The maximum atomic E-state index is 12.5. The van der Waals surface area contributed by atoms with E-state index < -0.39 is 24.4 Å². The Kier molecular flexibility index (Phi) is 11.8. The van der Waals surface area contributed by atoms with Gasteiger partial charge in [0.2, 0.25) is 5.91 Å². The van der Waals surface area contributed by atoms with E-state index >= 15 is 0 Å². The summed E-state index contributed by atoms with van der Waals surface area (Å²) in [6.45, 7) is 8.58. The molecule has 0 saturated carbocycles. The van der Waals surface area contributed by atoms with Gasteiger partial charge in [-0.2, -0.15) is 0 Å². The Morgan fingerprint density at radius 2 is 1.97 bits per heavy atom. The highest BCUT2D eigenvalue weighted by Crippen LogP contribution is 2.44. The zero-order valence-electron chi connectivity index (χ0n) is 21.3. The fraction of sp³-hybridized carbons (Fsp3) is 0.778. The summed E-state index contributed by atoms with van der Waals surface area (Å²) in [5.74, 6) is -0.281. The van der Waals surface area contributed by atoms with Crippen LogP contribution in [-0.2, 0) is 14.3 Å². The quantitative estimate of drug-likeness (QED) is 0.238. The van der Waals surface area contributed by atoms with Crippen molar-refractivity contribution in [1.82, 2.24) is 5.32 Å². The van der Waals surface area contributed by atoms with E-state index in [0.29, 0.717) is 32.2 Å². The minimum absolute atomic E-state index is 0.00954. The maximum Gasteiger partial charge on any atom is 0.308 e. The number of amides is 1. The van der Waals surface area contributed by atoms with E-state index in [0.717, 1.165) is 18.4 Å². The number of carbonyl (C=O) groups is 2. The molecule has 2 aliphatic carbocycles. The molecule has 8 atom stereocenters. The second-order valence-electron chi connectivity index (χ2n) is 10.2. The Bertz CT molecular complexity index is 720. The fourth-order valence-corrected chi connectivity index (χ4v) is 5.01. The first-order chi connectivity index (χ1) is 16.2. The lowest BCUT2D eigenvalue weighted by atomic mass is 9.66. The zero-order chi connectivity index (χ0) is 25.3. The predicted molar refractivity (Wildman–Crippen MR) is 132 cm³/mol. The molecule has 0 saturated heterocycles. The Labute approximate surface area is 204 Å². The van der Waals surface area contributed by atoms with Gasteiger partial charge >= 0.3 is 5.97 Å². The zero-order valence-corrected chi connectivity index (χ0v) is 21.3. The molecule has 2 aliphatic rings. The van der Waals surface area contributed by atoms with E-state index in [-0.39, 0.29) is 48.4 Å². The van der Waals surface area contributed by atoms with Crippen molar-refractivity contribution in [3.63, 3.8) is 0 Å². The van der Waals surface area contributed by atoms with E-state index in [1.807, 2.05) is 32.9 Å². The lowest BCUT2D eigenvalue weighted by Crippen LogP contribution is -2.43. The number of carbonyl (C=O) groups excluding carboxylic acids is 2. The number of esters is 1. The van der Waals surface area contributed by atoms with Crippen molar-refractivity contribution in [1.29, 1.82) is 0 Å². The monoisotopic (exact) mass is 479 g/mol. The topological polar surface area (TPSA) is 116 Å². The second-order valence-corrected chi connectivity index (χ2v) is 10.2. The minimum atomic E-state index is -0.884. The lowest BCUT2D eigenvalue weighted by Gasteiger charge is -2.43. The van der Waals surface area contributed by atoms with E-state index in [1.165, 1.54) is 0 Å². The van der Waals surface area contributed by atoms with E-state index in [2.05, 4.69) is 18.3 Å². The number of unbranched alkanes of at least 4 members (excludes halogenated alkanes) is 1. The summed E-state index contributed by atoms with van der Waals surface area (Å²) in [6.07, 6.45) is 7.62. The molecule has 0 aromatic carbocycles. The van der Waals surface area contributed by atoms with Crippen molar-refractivity contribution < 1.29 is 29.6 Å². The van der Waals surface area contributed by atoms with Crippen LogP contribution in [0.25, 0.3) is 0 Å². The number of aliphatic hydroxyl groups is 3. The smallest absolute Gasteiger partial charge is 0.308 e. The van der Waals surface area contributed by atoms with E-state index in [1.54, 1.807) is 0 Å². The number of fused-ring (bicyclic) bond motifs is 1. The predicted octanol–water partition coefficient (Wildman–Crippen LogP) is 3.27. The van der Waals surface area contributed by atoms with Crippen LogP contribution in [0.15, 0.2) is 23.8 Å². The standard InChI is InChI=1S/C27H45NO6/c1-5-7-12-28-25(32)16-22(31)14-20(29)10-11-23-18(4)8-9-19-13-21(30)15-24(26(19)23)34-27(33)17(3)6-2/h8-9,13,17-18,20-24,26,29-31H,5-7,10-12,14-16H2,1-4H3,(H,28,32)/t17-,18-,20+,21-,22+,23-,24-,26-/m0/s1. The van der Waals surface area contributed by atoms with Crippen molar-refractivity contribution in [2.45, 2.75) is 103 Å². The van der Waals surface area contributed by atoms with Gasteiger partial charge in [-0.1, -0.05) is 52.3 Å². The number of hydrogen-bond acceptors (Lipinski definition) is 6. The van der Waals surface area contributed by atoms with Crippen LogP contribution in [0.5, 0.6) is 0 Å². The molecule has 4 N–H and O–H groups in total. The highest BCUT2D eigenvalue weighted by molar-refractivity contribution is 5.76. The van der Waals surface area contributed by atoms with Gasteiger partial charge in [0.1, 0.15) is 6.10 Å². The number of ether oxygens (including phenoxy) is 1. The Hall–Kier alpha value is -1.70. The molecule has 0 radical (unpaired) electrons. The van der Waals surface area contributed by atoms with Crippen molar-refractivity contribution >= 4 is 11.9 Å². The Morgan fingerprint density at radius 1 is 1.24 bits per heavy atom. The van der Waals surface area contributed by atoms with Crippen molar-refractivity contribution in [3.05, 3.63) is 23.8 Å². The van der Waals surface area contributed by atoms with Crippen LogP contribution in [-0.4, -0.2) is 58.2 Å². The average molecular weight is 480 g/mol. The molecule has 0 bridgehead atoms. The molecular weight excluding hydrogens is 434 g/mol. The molecule has 7 heteroatoms. The Balaban J connectivity index is 1.97. The van der Waals surface area contributed by atoms with Crippen molar-refractivity contribution in [3.8, 4) is 0 Å². The molecular formula is C27H45NO6. The van der Waals surface area contributed by atoms with Crippen LogP contribution in [0, 0.1) is 23.7 Å². The molecule has 0 aromatic heterocycles. The summed E-state index contributed by atoms with van der Waals surface area (Å²) in [6, 6.07) is 0. The molecule has 1 amide bonds. The molecule has 2 rings (SSSR count). The molecule has 34 heavy (non-hydrogen) atoms. The summed E-state index contributed by atoms with van der Waals surface area (Å²) in [5.41, 5.74) is 0.988. The van der Waals surface area contributed by atoms with Crippen LogP contribution in [0.1, 0.15) is 79.1 Å². The summed E-state index contributed by atoms with van der Waals surface area (Å²) >= 11 is 0. The van der Waals surface area contributed by atoms with Crippen molar-refractivity contribution in [2.75, 3.05) is 6.54 Å². The maximum absolute atomic E-state index is 12.5. The number of aliphatic hydroxyl groups excluding tert-OH is 3. The summed E-state index contributed by atoms with van der Waals surface area (Å²) in [5, 5.41) is 33.9. The molecule has 7 nitrogen and oxygen atoms in total. The molecule has 0 spiro atoms. The first-order valence-corrected chi connectivity index (χ1v) is 13.1. The lowest BCUT2D eigenvalue weighted by molar-refractivity contribution is -0.159. The van der Waals surface area contributed by atoms with Gasteiger partial charge < -0.3 is 25.4 Å². The first kappa shape index (κ1) is 28.5. The highest BCUT2D eigenvalue weighted by atomic mass is 16.5. The van der Waals surface area contributed by atoms with E-state index in [9.17, 15) is 24.9 Å². The van der Waals surface area contributed by atoms with Gasteiger partial charge in [0.25, 0.3) is 0 Å². The largest absolute Gasteiger partial charge is 0.461 e. The van der Waals surface area contributed by atoms with Gasteiger partial charge in [-0.25, -0.2) is 0 Å². The second kappa shape index (κ2) is 14.0. The summed E-state index contributed by atoms with van der Waals surface area (Å²) in [4.78, 5) is 24.4. The molecule has 194 valence electrons. The molecule has 0 heterocycles. The Morgan fingerprint density at radius 3 is 2.65 bits per heavy atom. The van der Waals surface area contributed by atoms with Gasteiger partial charge in [0.15, 0.2) is 0 Å². The third-order valence-corrected chi connectivity index (χ3v) is 7.31. The van der Waals surface area contributed by atoms with Gasteiger partial charge in [-0.15, -0.1) is 0 Å². The van der Waals surface area contributed by atoms with Crippen LogP contribution in [0.3, 0.4) is 0 Å². The number of nitrogens with one attached hydrogen (secondary N) is 1. The summed E-state index contributed by atoms with van der Waals surface area (Å²) in [7, 11) is 0. The van der Waals surface area contributed by atoms with E-state index in [4.69, 9.17) is 4.74 Å². The van der Waals surface area contributed by atoms with Gasteiger partial charge in [0, 0.05) is 18.9 Å². The molecule has 0 unspecified atom stereocenters. The molecule has 0 aliphatic heterocycles. The summed E-state index contributed by atoms with van der Waals surface area (Å²) < 4.78 is 5.90. The van der Waals surface area contributed by atoms with Gasteiger partial charge in [0.05, 0.1) is 30.7 Å². The third kappa shape index (κ3) is 8.51. The molecule has 0 fully saturated rings. The van der Waals surface area contributed by atoms with Gasteiger partial charge in [-0.05, 0) is 49.5 Å². The minimum Gasteiger partial charge on any atom is -0.461 e. The highest BCUT2D eigenvalue weighted by Gasteiger charge is 2.42. The van der Waals surface area contributed by atoms with Crippen molar-refractivity contribution in [2.24, 2.45) is 23.7 Å². The van der Waals surface area contributed by atoms with Crippen LogP contribution >= 0.6 is 0 Å². The van der Waals surface area contributed by atoms with Crippen LogP contribution in [0.4, 0.5) is 0 Å². The first-order valence-electron chi connectivity index (χ1n) is 13.1. The normalized spacial score (nSPS) is 28.9.